The van der Waals surface area contributed by atoms with Crippen LogP contribution in [-0.4, -0.2) is 9.55 Å². The van der Waals surface area contributed by atoms with Gasteiger partial charge < -0.3 is 0 Å². The van der Waals surface area contributed by atoms with Gasteiger partial charge in [-0.25, -0.2) is 0 Å². The molecule has 2 nitrogen and oxygen atoms in total. The summed E-state index contributed by atoms with van der Waals surface area (Å²) in [6, 6.07) is 6.62. The number of allylic oxidation sites excluding steroid dienone is 1. The van der Waals surface area contributed by atoms with Crippen LogP contribution < -0.4 is 0 Å². The first kappa shape index (κ1) is 17.5. The van der Waals surface area contributed by atoms with Gasteiger partial charge in [-0.2, -0.15) is 0 Å². The molecule has 0 aliphatic heterocycles. The Labute approximate surface area is 142 Å². The van der Waals surface area contributed by atoms with E-state index in [0.29, 0.717) is 11.8 Å². The third-order valence-electron chi connectivity index (χ3n) is 3.56. The van der Waals surface area contributed by atoms with E-state index in [1.165, 1.54) is 16.8 Å². The standard InChI is InChI=1S/C15H20N2.C3H5.ClH.Pd/c1-11(2)13-6-5-7-14(12(3)4)15(13)17-9-8-16-10-17;1-3-2;;/h5-9,11-12,16H,1-4H3;3H,1-2H2;1H;/q;;;+1/p-1. The third-order valence-corrected chi connectivity index (χ3v) is 7.22. The van der Waals surface area contributed by atoms with Crippen molar-refractivity contribution in [2.24, 2.45) is 0 Å². The van der Waals surface area contributed by atoms with Crippen molar-refractivity contribution in [1.82, 2.24) is 9.55 Å². The minimum absolute atomic E-state index is 0.469. The van der Waals surface area contributed by atoms with Gasteiger partial charge in [0.15, 0.2) is 0 Å². The summed E-state index contributed by atoms with van der Waals surface area (Å²) in [5.41, 5.74) is 4.02. The third kappa shape index (κ3) is 3.54. The van der Waals surface area contributed by atoms with E-state index < -0.39 is 15.3 Å². The Hall–Kier alpha value is -0.878. The number of hydrogen-bond donors (Lipinski definition) is 1. The van der Waals surface area contributed by atoms with Crippen LogP contribution in [0.25, 0.3) is 5.69 Å². The number of halogens is 1. The fraction of sp³-hybridized carbons (Fsp3) is 0.389. The summed E-state index contributed by atoms with van der Waals surface area (Å²) in [6.07, 6.45) is 6.00. The number of rotatable bonds is 5. The molecule has 1 aromatic heterocycles. The zero-order chi connectivity index (χ0) is 16.3. The van der Waals surface area contributed by atoms with E-state index in [1.807, 2.05) is 12.3 Å². The van der Waals surface area contributed by atoms with Gasteiger partial charge in [-0.15, -0.1) is 0 Å². The van der Waals surface area contributed by atoms with E-state index in [4.69, 9.17) is 9.53 Å². The van der Waals surface area contributed by atoms with E-state index in [1.54, 1.807) is 0 Å². The van der Waals surface area contributed by atoms with E-state index in [2.05, 4.69) is 68.2 Å². The number of para-hydroxylation sites is 1. The zero-order valence-corrected chi connectivity index (χ0v) is 16.0. The summed E-state index contributed by atoms with van der Waals surface area (Å²) in [6.45, 7) is 12.8. The molecule has 0 atom stereocenters. The van der Waals surface area contributed by atoms with E-state index in [0.717, 1.165) is 8.78 Å². The van der Waals surface area contributed by atoms with Crippen LogP contribution in [0.3, 0.4) is 0 Å². The first-order valence-electron chi connectivity index (χ1n) is 7.53. The van der Waals surface area contributed by atoms with Gasteiger partial charge in [-0.05, 0) is 0 Å². The molecule has 0 aliphatic carbocycles. The van der Waals surface area contributed by atoms with Crippen molar-refractivity contribution in [2.45, 2.75) is 44.4 Å². The van der Waals surface area contributed by atoms with Crippen LogP contribution >= 0.6 is 9.53 Å². The molecule has 0 aliphatic rings. The Kier molecular flexibility index (Phi) is 6.03. The number of hydrogen-bond acceptors (Lipinski definition) is 0. The molecule has 124 valence electrons. The molecule has 0 radical (unpaired) electrons. The number of nitrogens with one attached hydrogen (secondary N) is 1. The number of aromatic nitrogens is 2. The topological polar surface area (TPSA) is 20.7 Å². The minimum atomic E-state index is -1.33. The van der Waals surface area contributed by atoms with Crippen molar-refractivity contribution in [2.75, 3.05) is 0 Å². The maximum atomic E-state index is 6.66. The molecule has 1 heterocycles. The second-order valence-electron chi connectivity index (χ2n) is 5.86. The van der Waals surface area contributed by atoms with Crippen molar-refractivity contribution in [3.63, 3.8) is 0 Å². The van der Waals surface area contributed by atoms with Gasteiger partial charge in [-0.1, -0.05) is 0 Å². The second kappa shape index (κ2) is 7.60. The number of H-pyrrole nitrogens is 1. The maximum absolute atomic E-state index is 6.66. The summed E-state index contributed by atoms with van der Waals surface area (Å²) in [5.74, 6) is 0.937. The second-order valence-corrected chi connectivity index (χ2v) is 10.2. The number of nitrogens with zero attached hydrogens (tertiary/aromatic N) is 1. The average Bonchev–Trinajstić information content (AvgIpc) is 2.95. The quantitative estimate of drug-likeness (QED) is 0.463. The normalized spacial score (nSPS) is 14.5. The molecule has 2 aromatic rings. The number of aromatic amines is 1. The van der Waals surface area contributed by atoms with Crippen LogP contribution in [0.15, 0.2) is 43.2 Å². The molecule has 1 aromatic carbocycles. The molecule has 2 rings (SSSR count). The molecule has 0 amide bonds. The van der Waals surface area contributed by atoms with Gasteiger partial charge in [0.25, 0.3) is 0 Å². The molecular formula is C18H25ClN2Pd. The molecule has 0 bridgehead atoms. The molecule has 4 heteroatoms. The molecule has 0 saturated heterocycles. The molecule has 22 heavy (non-hydrogen) atoms. The summed E-state index contributed by atoms with van der Waals surface area (Å²) in [7, 11) is 6.66. The van der Waals surface area contributed by atoms with Crippen molar-refractivity contribution in [1.29, 1.82) is 0 Å². The molecule has 0 fully saturated rings. The molecule has 0 saturated carbocycles. The van der Waals surface area contributed by atoms with Gasteiger partial charge in [0.05, 0.1) is 0 Å². The first-order valence-corrected chi connectivity index (χ1v) is 11.4. The Morgan fingerprint density at radius 3 is 2.32 bits per heavy atom. The van der Waals surface area contributed by atoms with E-state index >= 15 is 0 Å². The van der Waals surface area contributed by atoms with Gasteiger partial charge >= 0.3 is 143 Å². The Bertz CT molecular complexity index is 696. The Morgan fingerprint density at radius 2 is 1.82 bits per heavy atom. The van der Waals surface area contributed by atoms with Crippen LogP contribution in [0, 0.1) is 3.89 Å². The van der Waals surface area contributed by atoms with E-state index in [-0.39, 0.29) is 0 Å². The van der Waals surface area contributed by atoms with Crippen molar-refractivity contribution < 1.29 is 15.3 Å². The van der Waals surface area contributed by atoms with Gasteiger partial charge in [0.1, 0.15) is 0 Å². The molecule has 0 spiro atoms. The summed E-state index contributed by atoms with van der Waals surface area (Å²) in [5, 5.41) is 0. The van der Waals surface area contributed by atoms with Gasteiger partial charge in [-0.3, -0.25) is 0 Å². The van der Waals surface area contributed by atoms with Gasteiger partial charge in [0.2, 0.25) is 0 Å². The van der Waals surface area contributed by atoms with Crippen LogP contribution in [0.5, 0.6) is 0 Å². The van der Waals surface area contributed by atoms with Crippen LogP contribution in [0.1, 0.15) is 50.7 Å². The monoisotopic (exact) mass is 410 g/mol. The number of imidazole rings is 1. The van der Waals surface area contributed by atoms with Crippen molar-refractivity contribution in [3.05, 3.63) is 58.3 Å². The van der Waals surface area contributed by atoms with Crippen molar-refractivity contribution >= 4 is 9.53 Å². The summed E-state index contributed by atoms with van der Waals surface area (Å²) < 4.78 is 3.39. The van der Waals surface area contributed by atoms with Crippen LogP contribution in [0.2, 0.25) is 4.89 Å². The average molecular weight is 411 g/mol. The van der Waals surface area contributed by atoms with Crippen molar-refractivity contribution in [3.8, 4) is 5.69 Å². The van der Waals surface area contributed by atoms with Crippen LogP contribution in [0.4, 0.5) is 0 Å². The molecular weight excluding hydrogens is 386 g/mol. The summed E-state index contributed by atoms with van der Waals surface area (Å²) in [4.78, 5) is 4.21. The van der Waals surface area contributed by atoms with Crippen LogP contribution in [-0.2, 0) is 15.3 Å². The summed E-state index contributed by atoms with van der Waals surface area (Å²) >= 11 is -1.33. The predicted molar refractivity (Wildman–Crippen MR) is 92.4 cm³/mol. The zero-order valence-electron chi connectivity index (χ0n) is 13.7. The predicted octanol–water partition coefficient (Wildman–Crippen LogP) is 5.96. The molecule has 0 unspecified atom stereocenters. The fourth-order valence-corrected chi connectivity index (χ4v) is 5.25. The fourth-order valence-electron chi connectivity index (χ4n) is 2.54. The molecule has 1 N–H and O–H groups in total. The van der Waals surface area contributed by atoms with E-state index in [9.17, 15) is 0 Å². The Morgan fingerprint density at radius 1 is 1.23 bits per heavy atom. The number of benzene rings is 1. The SMILES string of the molecule is C=C[CH2]/[Pd]([Cl])=[c]1\[nH]ccn1-c1c(C(C)C)cccc1C(C)C. The first-order chi connectivity index (χ1) is 10.5. The van der Waals surface area contributed by atoms with Gasteiger partial charge in [0, 0.05) is 0 Å². The Balaban J connectivity index is 2.81.